The highest BCUT2D eigenvalue weighted by atomic mass is 16.3. The van der Waals surface area contributed by atoms with E-state index in [1.807, 2.05) is 4.90 Å². The molecule has 0 aromatic heterocycles. The quantitative estimate of drug-likeness (QED) is 0.822. The number of piperidine rings is 1. The molecule has 0 spiro atoms. The Labute approximate surface area is 128 Å². The number of urea groups is 1. The number of hydrogen-bond donors (Lipinski definition) is 2. The zero-order valence-electron chi connectivity index (χ0n) is 13.7. The maximum atomic E-state index is 12.6. The van der Waals surface area contributed by atoms with E-state index >= 15 is 0 Å². The molecule has 0 unspecified atom stereocenters. The molecule has 0 aromatic carbocycles. The summed E-state index contributed by atoms with van der Waals surface area (Å²) in [6, 6.07) is 0.399. The SMILES string of the molecule is CC1(C)[C@H]2CC[C@@]1(C)[C@@H](NC(=O)N1CCC[C@@H](CO)C1)C2. The number of aliphatic hydroxyl groups is 1. The maximum Gasteiger partial charge on any atom is 0.317 e. The van der Waals surface area contributed by atoms with E-state index in [1.165, 1.54) is 12.8 Å². The first kappa shape index (κ1) is 15.1. The van der Waals surface area contributed by atoms with Crippen LogP contribution in [0.1, 0.15) is 52.9 Å². The van der Waals surface area contributed by atoms with Crippen molar-refractivity contribution < 1.29 is 9.90 Å². The van der Waals surface area contributed by atoms with E-state index < -0.39 is 0 Å². The predicted octanol–water partition coefficient (Wildman–Crippen LogP) is 2.62. The van der Waals surface area contributed by atoms with Crippen LogP contribution < -0.4 is 5.32 Å². The molecule has 3 aliphatic rings. The molecule has 21 heavy (non-hydrogen) atoms. The fraction of sp³-hybridized carbons (Fsp3) is 0.941. The average molecular weight is 294 g/mol. The number of fused-ring (bicyclic) bond motifs is 2. The molecule has 2 N–H and O–H groups in total. The Morgan fingerprint density at radius 3 is 2.67 bits per heavy atom. The molecule has 2 bridgehead atoms. The molecule has 1 heterocycles. The van der Waals surface area contributed by atoms with Gasteiger partial charge in [0.1, 0.15) is 0 Å². The zero-order chi connectivity index (χ0) is 15.3. The van der Waals surface area contributed by atoms with Gasteiger partial charge in [0.25, 0.3) is 0 Å². The molecular weight excluding hydrogens is 264 g/mol. The summed E-state index contributed by atoms with van der Waals surface area (Å²) in [5, 5.41) is 12.6. The van der Waals surface area contributed by atoms with E-state index in [2.05, 4.69) is 26.1 Å². The highest BCUT2D eigenvalue weighted by molar-refractivity contribution is 5.75. The lowest BCUT2D eigenvalue weighted by Gasteiger charge is -2.41. The van der Waals surface area contributed by atoms with Crippen molar-refractivity contribution in [3.8, 4) is 0 Å². The highest BCUT2D eigenvalue weighted by Crippen LogP contribution is 2.65. The molecule has 3 rings (SSSR count). The number of amides is 2. The van der Waals surface area contributed by atoms with Crippen LogP contribution in [0.3, 0.4) is 0 Å². The normalized spacial score (nSPS) is 41.3. The van der Waals surface area contributed by atoms with Gasteiger partial charge in [-0.2, -0.15) is 0 Å². The minimum atomic E-state index is 0.0859. The largest absolute Gasteiger partial charge is 0.396 e. The van der Waals surface area contributed by atoms with E-state index in [-0.39, 0.29) is 24.0 Å². The van der Waals surface area contributed by atoms with Gasteiger partial charge in [0, 0.05) is 25.7 Å². The van der Waals surface area contributed by atoms with Crippen molar-refractivity contribution in [3.05, 3.63) is 0 Å². The first-order valence-electron chi connectivity index (χ1n) is 8.55. The van der Waals surface area contributed by atoms with Crippen molar-refractivity contribution in [2.45, 2.75) is 58.9 Å². The minimum Gasteiger partial charge on any atom is -0.396 e. The Kier molecular flexibility index (Phi) is 3.71. The number of hydrogen-bond acceptors (Lipinski definition) is 2. The Hall–Kier alpha value is -0.770. The van der Waals surface area contributed by atoms with E-state index in [4.69, 9.17) is 0 Å². The van der Waals surface area contributed by atoms with Crippen LogP contribution in [0.4, 0.5) is 4.79 Å². The fourth-order valence-corrected chi connectivity index (χ4v) is 5.06. The number of nitrogens with zero attached hydrogens (tertiary/aromatic N) is 1. The molecule has 0 radical (unpaired) electrons. The lowest BCUT2D eigenvalue weighted by atomic mass is 9.69. The van der Waals surface area contributed by atoms with Gasteiger partial charge < -0.3 is 15.3 Å². The Morgan fingerprint density at radius 1 is 1.33 bits per heavy atom. The second-order valence-corrected chi connectivity index (χ2v) is 8.25. The highest BCUT2D eigenvalue weighted by Gasteiger charge is 2.61. The van der Waals surface area contributed by atoms with E-state index in [0.717, 1.165) is 31.7 Å². The number of likely N-dealkylation sites (tertiary alicyclic amines) is 1. The molecule has 4 heteroatoms. The summed E-state index contributed by atoms with van der Waals surface area (Å²) in [6.07, 6.45) is 5.72. The first-order chi connectivity index (χ1) is 9.88. The van der Waals surface area contributed by atoms with Crippen molar-refractivity contribution in [2.75, 3.05) is 19.7 Å². The average Bonchev–Trinajstić information content (AvgIpc) is 2.80. The third-order valence-corrected chi connectivity index (χ3v) is 7.16. The summed E-state index contributed by atoms with van der Waals surface area (Å²) in [6.45, 7) is 8.84. The Morgan fingerprint density at radius 2 is 2.10 bits per heavy atom. The van der Waals surface area contributed by atoms with Crippen LogP contribution >= 0.6 is 0 Å². The summed E-state index contributed by atoms with van der Waals surface area (Å²) in [4.78, 5) is 14.5. The number of aliphatic hydroxyl groups excluding tert-OH is 1. The lowest BCUT2D eigenvalue weighted by Crippen LogP contribution is -2.53. The van der Waals surface area contributed by atoms with Crippen molar-refractivity contribution in [3.63, 3.8) is 0 Å². The third-order valence-electron chi connectivity index (χ3n) is 7.16. The molecule has 2 amide bonds. The summed E-state index contributed by atoms with van der Waals surface area (Å²) in [5.41, 5.74) is 0.569. The summed E-state index contributed by atoms with van der Waals surface area (Å²) < 4.78 is 0. The fourth-order valence-electron chi connectivity index (χ4n) is 5.06. The molecule has 2 aliphatic carbocycles. The van der Waals surface area contributed by atoms with Crippen LogP contribution in [-0.4, -0.2) is 41.8 Å². The van der Waals surface area contributed by atoms with Crippen molar-refractivity contribution in [1.29, 1.82) is 0 Å². The van der Waals surface area contributed by atoms with Gasteiger partial charge in [-0.3, -0.25) is 0 Å². The van der Waals surface area contributed by atoms with Gasteiger partial charge >= 0.3 is 6.03 Å². The number of carbonyl (C=O) groups excluding carboxylic acids is 1. The molecule has 2 saturated carbocycles. The molecular formula is C17H30N2O2. The summed E-state index contributed by atoms with van der Waals surface area (Å²) >= 11 is 0. The monoisotopic (exact) mass is 294 g/mol. The first-order valence-corrected chi connectivity index (χ1v) is 8.55. The second kappa shape index (κ2) is 5.15. The third kappa shape index (κ3) is 2.26. The standard InChI is InChI=1S/C17H30N2O2/c1-16(2)13-6-7-17(16,3)14(9-13)18-15(21)19-8-4-5-12(10-19)11-20/h12-14,20H,4-11H2,1-3H3,(H,18,21)/t12-,13+,14+,17+/m1/s1. The molecule has 120 valence electrons. The molecule has 4 atom stereocenters. The van der Waals surface area contributed by atoms with Crippen LogP contribution in [0.15, 0.2) is 0 Å². The van der Waals surface area contributed by atoms with Gasteiger partial charge in [0.2, 0.25) is 0 Å². The van der Waals surface area contributed by atoms with Crippen LogP contribution in [0.5, 0.6) is 0 Å². The van der Waals surface area contributed by atoms with Crippen molar-refractivity contribution >= 4 is 6.03 Å². The molecule has 0 aromatic rings. The number of carbonyl (C=O) groups is 1. The van der Waals surface area contributed by atoms with Gasteiger partial charge in [-0.05, 0) is 54.8 Å². The Balaban J connectivity index is 1.64. The van der Waals surface area contributed by atoms with E-state index in [9.17, 15) is 9.90 Å². The van der Waals surface area contributed by atoms with E-state index in [1.54, 1.807) is 0 Å². The van der Waals surface area contributed by atoms with Crippen LogP contribution in [0, 0.1) is 22.7 Å². The summed E-state index contributed by atoms with van der Waals surface area (Å²) in [7, 11) is 0. The Bertz CT molecular complexity index is 423. The van der Waals surface area contributed by atoms with E-state index in [0.29, 0.717) is 18.0 Å². The maximum absolute atomic E-state index is 12.6. The minimum absolute atomic E-state index is 0.0859. The molecule has 1 aliphatic heterocycles. The zero-order valence-corrected chi connectivity index (χ0v) is 13.7. The molecule has 3 fully saturated rings. The smallest absolute Gasteiger partial charge is 0.317 e. The van der Waals surface area contributed by atoms with Crippen LogP contribution in [-0.2, 0) is 0 Å². The predicted molar refractivity (Wildman–Crippen MR) is 82.9 cm³/mol. The number of rotatable bonds is 2. The number of nitrogens with one attached hydrogen (secondary N) is 1. The van der Waals surface area contributed by atoms with Crippen LogP contribution in [0.25, 0.3) is 0 Å². The second-order valence-electron chi connectivity index (χ2n) is 8.25. The van der Waals surface area contributed by atoms with Gasteiger partial charge in [-0.15, -0.1) is 0 Å². The van der Waals surface area contributed by atoms with Crippen molar-refractivity contribution in [1.82, 2.24) is 10.2 Å². The van der Waals surface area contributed by atoms with Gasteiger partial charge in [0.05, 0.1) is 0 Å². The van der Waals surface area contributed by atoms with Gasteiger partial charge in [-0.1, -0.05) is 20.8 Å². The lowest BCUT2D eigenvalue weighted by molar-refractivity contribution is 0.105. The molecule has 1 saturated heterocycles. The molecule has 4 nitrogen and oxygen atoms in total. The summed E-state index contributed by atoms with van der Waals surface area (Å²) in [5.74, 6) is 1.01. The topological polar surface area (TPSA) is 52.6 Å². The van der Waals surface area contributed by atoms with Gasteiger partial charge in [-0.25, -0.2) is 4.79 Å². The van der Waals surface area contributed by atoms with Crippen LogP contribution in [0.2, 0.25) is 0 Å². The van der Waals surface area contributed by atoms with Crippen molar-refractivity contribution in [2.24, 2.45) is 22.7 Å². The van der Waals surface area contributed by atoms with Gasteiger partial charge in [0.15, 0.2) is 0 Å².